The Hall–Kier alpha value is -9.27. The molecule has 0 bridgehead atoms. The zero-order valence-electron chi connectivity index (χ0n) is 59.4. The molecule has 3 fully saturated rings. The highest BCUT2D eigenvalue weighted by molar-refractivity contribution is 5.90. The average Bonchev–Trinajstić information content (AvgIpc) is 1.77. The minimum Gasteiger partial charge on any atom is -0.485 e. The third-order valence-electron chi connectivity index (χ3n) is 15.4. The van der Waals surface area contributed by atoms with Gasteiger partial charge in [0.1, 0.15) is 51.0 Å². The molecule has 21 heteroatoms. The van der Waals surface area contributed by atoms with E-state index in [-0.39, 0.29) is 90.8 Å². The SMILES string of the molecule is C=C(C)C(=O)Oc1ccc(OC(C)(C)C)c(F)c1.C=C(C)C(=O)Oc1ccc(OC(C)(C)CC)c(F)c1.C=C(C)C(=O)Oc1ccc(OC2(C)CCCC2)c(F)c1.C=C(C)C(=O)Oc1ccc(OC2(C)CCCC2)c(F)c1F.C=C(C)C(=O)Oc1ccc(OC2(C)CCCCC2)c(F)c1. The van der Waals surface area contributed by atoms with Crippen molar-refractivity contribution < 1.29 is 97.7 Å². The molecular formula is C78H94F6O15. The van der Waals surface area contributed by atoms with E-state index in [1.54, 1.807) is 6.92 Å². The number of halogens is 6. The first-order valence-corrected chi connectivity index (χ1v) is 32.5. The molecule has 3 aliphatic carbocycles. The second-order valence-corrected chi connectivity index (χ2v) is 27.0. The molecule has 99 heavy (non-hydrogen) atoms. The Kier molecular flexibility index (Phi) is 30.3. The molecule has 0 heterocycles. The van der Waals surface area contributed by atoms with Crippen LogP contribution in [0.3, 0.4) is 0 Å². The van der Waals surface area contributed by atoms with E-state index in [9.17, 15) is 50.3 Å². The molecule has 0 spiro atoms. The Balaban J connectivity index is 0.000000263. The predicted octanol–water partition coefficient (Wildman–Crippen LogP) is 19.9. The minimum atomic E-state index is -1.23. The summed E-state index contributed by atoms with van der Waals surface area (Å²) in [7, 11) is 0. The van der Waals surface area contributed by atoms with E-state index in [0.717, 1.165) is 102 Å². The molecule has 0 aliphatic heterocycles. The van der Waals surface area contributed by atoms with Crippen LogP contribution in [0.25, 0.3) is 0 Å². The first-order valence-electron chi connectivity index (χ1n) is 32.5. The van der Waals surface area contributed by atoms with E-state index in [0.29, 0.717) is 0 Å². The van der Waals surface area contributed by atoms with E-state index in [1.165, 1.54) is 101 Å². The van der Waals surface area contributed by atoms with Gasteiger partial charge in [-0.05, 0) is 234 Å². The Labute approximate surface area is 578 Å². The van der Waals surface area contributed by atoms with Gasteiger partial charge < -0.3 is 47.4 Å². The number of benzene rings is 5. The van der Waals surface area contributed by atoms with Crippen LogP contribution in [0.15, 0.2) is 146 Å². The topological polar surface area (TPSA) is 178 Å². The van der Waals surface area contributed by atoms with Gasteiger partial charge in [-0.25, -0.2) is 41.5 Å². The summed E-state index contributed by atoms with van der Waals surface area (Å²) in [5.74, 6) is -7.05. The normalized spacial score (nSPS) is 14.6. The van der Waals surface area contributed by atoms with Gasteiger partial charge >= 0.3 is 29.8 Å². The second-order valence-electron chi connectivity index (χ2n) is 27.0. The number of carbonyl (C=O) groups is 5. The maximum Gasteiger partial charge on any atom is 0.338 e. The zero-order chi connectivity index (χ0) is 74.4. The summed E-state index contributed by atoms with van der Waals surface area (Å²) in [6, 6.07) is 19.0. The first kappa shape index (κ1) is 82.2. The number of esters is 5. The molecule has 538 valence electrons. The van der Waals surface area contributed by atoms with Crippen LogP contribution in [-0.4, -0.2) is 57.9 Å². The zero-order valence-corrected chi connectivity index (χ0v) is 59.4. The van der Waals surface area contributed by atoms with Gasteiger partial charge in [0.15, 0.2) is 57.8 Å². The molecule has 0 unspecified atom stereocenters. The van der Waals surface area contributed by atoms with Crippen molar-refractivity contribution in [2.45, 2.75) is 215 Å². The second kappa shape index (κ2) is 36.5. The van der Waals surface area contributed by atoms with Crippen molar-refractivity contribution in [3.8, 4) is 57.5 Å². The number of rotatable bonds is 20. The summed E-state index contributed by atoms with van der Waals surface area (Å²) in [4.78, 5) is 56.7. The van der Waals surface area contributed by atoms with Crippen molar-refractivity contribution in [1.29, 1.82) is 0 Å². The van der Waals surface area contributed by atoms with Gasteiger partial charge in [-0.1, -0.05) is 46.2 Å². The molecule has 0 atom stereocenters. The maximum absolute atomic E-state index is 14.1. The molecular weight excluding hydrogens is 1290 g/mol. The molecule has 0 radical (unpaired) electrons. The van der Waals surface area contributed by atoms with Crippen molar-refractivity contribution in [2.75, 3.05) is 0 Å². The van der Waals surface area contributed by atoms with Gasteiger partial charge in [0.2, 0.25) is 11.6 Å². The lowest BCUT2D eigenvalue weighted by Gasteiger charge is -2.34. The molecule has 0 N–H and O–H groups in total. The first-order chi connectivity index (χ1) is 46.0. The molecule has 3 saturated carbocycles. The van der Waals surface area contributed by atoms with Crippen LogP contribution in [0, 0.1) is 34.9 Å². The Morgan fingerprint density at radius 3 is 0.889 bits per heavy atom. The molecule has 0 aromatic heterocycles. The highest BCUT2D eigenvalue weighted by Crippen LogP contribution is 2.40. The van der Waals surface area contributed by atoms with E-state index in [2.05, 4.69) is 32.9 Å². The number of ether oxygens (including phenoxy) is 10. The van der Waals surface area contributed by atoms with E-state index in [4.69, 9.17) is 47.4 Å². The molecule has 5 aromatic rings. The third-order valence-corrected chi connectivity index (χ3v) is 15.4. The third kappa shape index (κ3) is 27.5. The number of hydrogen-bond acceptors (Lipinski definition) is 15. The maximum atomic E-state index is 14.1. The Morgan fingerprint density at radius 1 is 0.364 bits per heavy atom. The van der Waals surface area contributed by atoms with E-state index in [1.807, 2.05) is 62.3 Å². The predicted molar refractivity (Wildman–Crippen MR) is 367 cm³/mol. The molecule has 3 aliphatic rings. The molecule has 15 nitrogen and oxygen atoms in total. The van der Waals surface area contributed by atoms with Crippen molar-refractivity contribution in [2.24, 2.45) is 0 Å². The van der Waals surface area contributed by atoms with Crippen LogP contribution < -0.4 is 47.4 Å². The van der Waals surface area contributed by atoms with Crippen LogP contribution in [0.5, 0.6) is 57.5 Å². The van der Waals surface area contributed by atoms with E-state index < -0.39 is 87.3 Å². The summed E-state index contributed by atoms with van der Waals surface area (Å²) >= 11 is 0. The van der Waals surface area contributed by atoms with E-state index >= 15 is 0 Å². The van der Waals surface area contributed by atoms with Gasteiger partial charge in [0.05, 0.1) is 0 Å². The van der Waals surface area contributed by atoms with Crippen LogP contribution in [0.4, 0.5) is 26.3 Å². The quantitative estimate of drug-likeness (QED) is 0.0311. The summed E-state index contributed by atoms with van der Waals surface area (Å²) < 4.78 is 136. The fraction of sp³-hybridized carbons (Fsp3) is 0.423. The van der Waals surface area contributed by atoms with Crippen LogP contribution in [-0.2, 0) is 24.0 Å². The van der Waals surface area contributed by atoms with Gasteiger partial charge in [-0.3, -0.25) is 0 Å². The van der Waals surface area contributed by atoms with Gasteiger partial charge in [0.25, 0.3) is 0 Å². The van der Waals surface area contributed by atoms with Gasteiger partial charge in [0, 0.05) is 52.1 Å². The van der Waals surface area contributed by atoms with Crippen LogP contribution >= 0.6 is 0 Å². The van der Waals surface area contributed by atoms with Crippen molar-refractivity contribution >= 4 is 29.8 Å². The Morgan fingerprint density at radius 2 is 0.606 bits per heavy atom. The minimum absolute atomic E-state index is 0.105. The molecule has 0 amide bonds. The lowest BCUT2D eigenvalue weighted by Crippen LogP contribution is -2.34. The smallest absolute Gasteiger partial charge is 0.338 e. The van der Waals surface area contributed by atoms with Crippen molar-refractivity contribution in [1.82, 2.24) is 0 Å². The molecule has 8 rings (SSSR count). The lowest BCUT2D eigenvalue weighted by atomic mass is 9.86. The number of hydrogen-bond donors (Lipinski definition) is 0. The average molecular weight is 1390 g/mol. The van der Waals surface area contributed by atoms with Crippen molar-refractivity contribution in [3.63, 3.8) is 0 Å². The fourth-order valence-corrected chi connectivity index (χ4v) is 9.49. The van der Waals surface area contributed by atoms with Crippen LogP contribution in [0.1, 0.15) is 187 Å². The number of carbonyl (C=O) groups excluding carboxylic acids is 5. The van der Waals surface area contributed by atoms with Gasteiger partial charge in [-0.2, -0.15) is 8.78 Å². The summed E-state index contributed by atoms with van der Waals surface area (Å²) in [5, 5.41) is 0. The summed E-state index contributed by atoms with van der Waals surface area (Å²) in [6.45, 7) is 41.9. The van der Waals surface area contributed by atoms with Gasteiger partial charge in [-0.15, -0.1) is 0 Å². The van der Waals surface area contributed by atoms with Crippen LogP contribution in [0.2, 0.25) is 0 Å². The molecule has 5 aromatic carbocycles. The van der Waals surface area contributed by atoms with Crippen molar-refractivity contribution in [3.05, 3.63) is 181 Å². The monoisotopic (exact) mass is 1380 g/mol. The molecule has 0 saturated heterocycles. The standard InChI is InChI=1S/C17H21FO3.C16H18F2O3.C16H19FO3.C15H19FO3.C14H17FO3/c1-12(2)16(19)20-13-7-8-15(14(18)11-13)21-17(3)9-5-4-6-10-17;1-10(2)15(19)20-11-6-7-12(14(18)13(11)17)21-16(3)8-4-5-9-16;1-11(2)15(18)19-12-6-7-14(13(17)10-12)20-16(3)8-4-5-9-16;1-6-15(4,5)19-13-8-7-11(9-12(13)16)18-14(17)10(2)3;1-9(2)13(16)17-10-6-7-12(11(15)8-10)18-14(3,4)5/h7-8,11H,1,4-6,9-10H2,2-3H3;6-7H,1,4-5,8-9H2,2-3H3;6-7,10H,1,4-5,8-9H2,2-3H3;7-9H,2,6H2,1,3-5H3;6-8H,1H2,2-5H3. The fourth-order valence-electron chi connectivity index (χ4n) is 9.49. The highest BCUT2D eigenvalue weighted by atomic mass is 19.2. The summed E-state index contributed by atoms with van der Waals surface area (Å²) in [5.41, 5.74) is -0.857. The lowest BCUT2D eigenvalue weighted by molar-refractivity contribution is -0.131. The Bertz CT molecular complexity index is 3730. The largest absolute Gasteiger partial charge is 0.485 e. The highest BCUT2D eigenvalue weighted by Gasteiger charge is 2.34. The summed E-state index contributed by atoms with van der Waals surface area (Å²) in [6.07, 6.45) is 13.7.